The van der Waals surface area contributed by atoms with Crippen molar-refractivity contribution in [1.29, 1.82) is 0 Å². The zero-order valence-electron chi connectivity index (χ0n) is 12.2. The lowest BCUT2D eigenvalue weighted by molar-refractivity contribution is -0.384. The number of carboxylic acids is 1. The van der Waals surface area contributed by atoms with Crippen molar-refractivity contribution < 1.29 is 19.6 Å². The number of carboxylic acid groups (broad SMARTS) is 1. The Kier molecular flexibility index (Phi) is 5.69. The number of hydrogen-bond donors (Lipinski definition) is 2. The Balaban J connectivity index is 1.97. The lowest BCUT2D eigenvalue weighted by Crippen LogP contribution is -2.08. The molecule has 0 atom stereocenters. The zero-order valence-corrected chi connectivity index (χ0v) is 13.0. The van der Waals surface area contributed by atoms with E-state index in [1.807, 2.05) is 0 Å². The first-order valence-electron chi connectivity index (χ1n) is 6.68. The molecule has 24 heavy (non-hydrogen) atoms. The summed E-state index contributed by atoms with van der Waals surface area (Å²) in [5, 5.41) is 21.6. The van der Waals surface area contributed by atoms with Gasteiger partial charge in [0.25, 0.3) is 5.69 Å². The van der Waals surface area contributed by atoms with Crippen LogP contribution in [0.5, 0.6) is 0 Å². The number of benzene rings is 2. The summed E-state index contributed by atoms with van der Waals surface area (Å²) in [6.07, 6.45) is 1.69. The molecule has 2 N–H and O–H groups in total. The van der Waals surface area contributed by atoms with Gasteiger partial charge in [0.05, 0.1) is 4.92 Å². The van der Waals surface area contributed by atoms with Crippen LogP contribution in [0, 0.1) is 10.1 Å². The molecule has 0 heterocycles. The number of amides is 1. The Labute approximate surface area is 141 Å². The van der Waals surface area contributed by atoms with E-state index in [4.69, 9.17) is 5.11 Å². The van der Waals surface area contributed by atoms with Gasteiger partial charge < -0.3 is 10.4 Å². The molecule has 0 aromatic heterocycles. The highest BCUT2D eigenvalue weighted by atomic mass is 32.2. The molecule has 0 spiro atoms. The maximum absolute atomic E-state index is 11.5. The van der Waals surface area contributed by atoms with Crippen LogP contribution < -0.4 is 5.32 Å². The third-order valence-corrected chi connectivity index (χ3v) is 3.80. The molecule has 0 aliphatic heterocycles. The van der Waals surface area contributed by atoms with E-state index >= 15 is 0 Å². The van der Waals surface area contributed by atoms with E-state index in [1.54, 1.807) is 36.4 Å². The van der Waals surface area contributed by atoms with Crippen molar-refractivity contribution in [3.05, 3.63) is 70.8 Å². The van der Waals surface area contributed by atoms with Crippen molar-refractivity contribution in [2.45, 2.75) is 9.79 Å². The van der Waals surface area contributed by atoms with E-state index in [1.165, 1.54) is 23.9 Å². The van der Waals surface area contributed by atoms with Gasteiger partial charge in [-0.05, 0) is 36.4 Å². The molecule has 0 aliphatic rings. The first kappa shape index (κ1) is 17.2. The van der Waals surface area contributed by atoms with Crippen LogP contribution >= 0.6 is 11.8 Å². The molecule has 2 aromatic carbocycles. The number of anilines is 1. The molecule has 0 unspecified atom stereocenters. The lowest BCUT2D eigenvalue weighted by Gasteiger charge is -2.05. The number of carbonyl (C=O) groups is 2. The monoisotopic (exact) mass is 344 g/mol. The van der Waals surface area contributed by atoms with Gasteiger partial charge in [0, 0.05) is 39.8 Å². The van der Waals surface area contributed by atoms with Gasteiger partial charge in [-0.2, -0.15) is 0 Å². The van der Waals surface area contributed by atoms with Crippen LogP contribution in [0.2, 0.25) is 0 Å². The Morgan fingerprint density at radius 3 is 2.04 bits per heavy atom. The Morgan fingerprint density at radius 2 is 1.54 bits per heavy atom. The van der Waals surface area contributed by atoms with Gasteiger partial charge >= 0.3 is 5.97 Å². The fourth-order valence-electron chi connectivity index (χ4n) is 1.71. The summed E-state index contributed by atoms with van der Waals surface area (Å²) in [5.41, 5.74) is 0.565. The minimum atomic E-state index is -1.19. The number of nitrogens with one attached hydrogen (secondary N) is 1. The number of hydrogen-bond acceptors (Lipinski definition) is 5. The van der Waals surface area contributed by atoms with Crippen LogP contribution in [0.15, 0.2) is 70.5 Å². The van der Waals surface area contributed by atoms with Crippen LogP contribution in [0.25, 0.3) is 0 Å². The maximum Gasteiger partial charge on any atom is 0.328 e. The third-order valence-electron chi connectivity index (χ3n) is 2.78. The van der Waals surface area contributed by atoms with Crippen LogP contribution in [-0.4, -0.2) is 21.9 Å². The van der Waals surface area contributed by atoms with Gasteiger partial charge in [-0.25, -0.2) is 4.79 Å². The number of nitro benzene ring substituents is 1. The summed E-state index contributed by atoms with van der Waals surface area (Å²) in [4.78, 5) is 33.7. The SMILES string of the molecule is O=C(O)/C=C\C(=O)Nc1ccc(Sc2ccc([N+](=O)[O-])cc2)cc1. The van der Waals surface area contributed by atoms with Crippen molar-refractivity contribution in [3.63, 3.8) is 0 Å². The van der Waals surface area contributed by atoms with E-state index in [9.17, 15) is 19.7 Å². The van der Waals surface area contributed by atoms with E-state index in [2.05, 4.69) is 5.32 Å². The van der Waals surface area contributed by atoms with E-state index in [0.29, 0.717) is 5.69 Å². The van der Waals surface area contributed by atoms with Crippen molar-refractivity contribution in [1.82, 2.24) is 0 Å². The largest absolute Gasteiger partial charge is 0.478 e. The molecule has 2 aromatic rings. The Morgan fingerprint density at radius 1 is 1.00 bits per heavy atom. The van der Waals surface area contributed by atoms with Gasteiger partial charge in [0.15, 0.2) is 0 Å². The topological polar surface area (TPSA) is 110 Å². The number of aliphatic carboxylic acids is 1. The Hall–Kier alpha value is -3.13. The number of nitrogens with zero attached hydrogens (tertiary/aromatic N) is 1. The van der Waals surface area contributed by atoms with Gasteiger partial charge in [0.1, 0.15) is 0 Å². The first-order valence-corrected chi connectivity index (χ1v) is 7.50. The molecule has 0 aliphatic carbocycles. The predicted octanol–water partition coefficient (Wildman–Crippen LogP) is 3.33. The van der Waals surface area contributed by atoms with Crippen LogP contribution in [0.3, 0.4) is 0 Å². The Bertz CT molecular complexity index is 785. The fourth-order valence-corrected chi connectivity index (χ4v) is 2.53. The van der Waals surface area contributed by atoms with Gasteiger partial charge in [-0.1, -0.05) is 11.8 Å². The molecule has 0 saturated carbocycles. The lowest BCUT2D eigenvalue weighted by atomic mass is 10.3. The average molecular weight is 344 g/mol. The van der Waals surface area contributed by atoms with E-state index in [-0.39, 0.29) is 5.69 Å². The smallest absolute Gasteiger partial charge is 0.328 e. The predicted molar refractivity (Wildman–Crippen MR) is 89.1 cm³/mol. The molecule has 122 valence electrons. The second-order valence-corrected chi connectivity index (χ2v) is 5.69. The minimum absolute atomic E-state index is 0.0341. The molecule has 1 amide bonds. The maximum atomic E-state index is 11.5. The third kappa shape index (κ3) is 5.25. The molecular formula is C16H12N2O5S. The summed E-state index contributed by atoms with van der Waals surface area (Å²) in [6.45, 7) is 0. The highest BCUT2D eigenvalue weighted by Crippen LogP contribution is 2.29. The summed E-state index contributed by atoms with van der Waals surface area (Å²) >= 11 is 1.42. The molecule has 0 saturated heterocycles. The number of nitro groups is 1. The van der Waals surface area contributed by atoms with Crippen molar-refractivity contribution in [2.75, 3.05) is 5.32 Å². The van der Waals surface area contributed by atoms with Crippen molar-refractivity contribution >= 4 is 35.0 Å². The second-order valence-electron chi connectivity index (χ2n) is 4.54. The molecule has 7 nitrogen and oxygen atoms in total. The first-order chi connectivity index (χ1) is 11.4. The van der Waals surface area contributed by atoms with Crippen LogP contribution in [-0.2, 0) is 9.59 Å². The van der Waals surface area contributed by atoms with Gasteiger partial charge in [0.2, 0.25) is 5.91 Å². The van der Waals surface area contributed by atoms with Crippen LogP contribution in [0.1, 0.15) is 0 Å². The average Bonchev–Trinajstić information content (AvgIpc) is 2.55. The summed E-state index contributed by atoms with van der Waals surface area (Å²) < 4.78 is 0. The highest BCUT2D eigenvalue weighted by molar-refractivity contribution is 7.99. The summed E-state index contributed by atoms with van der Waals surface area (Å²) in [5.74, 6) is -1.73. The molecule has 0 bridgehead atoms. The fraction of sp³-hybridized carbons (Fsp3) is 0. The standard InChI is InChI=1S/C16H12N2O5S/c19-15(9-10-16(20)21)17-11-1-5-13(6-2-11)24-14-7-3-12(4-8-14)18(22)23/h1-10H,(H,17,19)(H,20,21)/b10-9-. The van der Waals surface area contributed by atoms with E-state index in [0.717, 1.165) is 21.9 Å². The highest BCUT2D eigenvalue weighted by Gasteiger charge is 2.05. The van der Waals surface area contributed by atoms with E-state index < -0.39 is 16.8 Å². The molecule has 2 rings (SSSR count). The van der Waals surface area contributed by atoms with Gasteiger partial charge in [-0.3, -0.25) is 14.9 Å². The number of non-ortho nitro benzene ring substituents is 1. The molecule has 0 radical (unpaired) electrons. The zero-order chi connectivity index (χ0) is 17.5. The van der Waals surface area contributed by atoms with Crippen LogP contribution in [0.4, 0.5) is 11.4 Å². The van der Waals surface area contributed by atoms with Crippen molar-refractivity contribution in [2.24, 2.45) is 0 Å². The van der Waals surface area contributed by atoms with Crippen molar-refractivity contribution in [3.8, 4) is 0 Å². The summed E-state index contributed by atoms with van der Waals surface area (Å²) in [6, 6.07) is 13.1. The minimum Gasteiger partial charge on any atom is -0.478 e. The quantitative estimate of drug-likeness (QED) is 0.472. The molecule has 0 fully saturated rings. The number of carbonyl (C=O) groups excluding carboxylic acids is 1. The molecule has 8 heteroatoms. The van der Waals surface area contributed by atoms with Gasteiger partial charge in [-0.15, -0.1) is 0 Å². The normalized spacial score (nSPS) is 10.5. The summed E-state index contributed by atoms with van der Waals surface area (Å²) in [7, 11) is 0. The molecular weight excluding hydrogens is 332 g/mol. The second kappa shape index (κ2) is 7.93. The number of rotatable bonds is 6.